The van der Waals surface area contributed by atoms with Crippen LogP contribution in [0.25, 0.3) is 10.2 Å². The van der Waals surface area contributed by atoms with Crippen molar-refractivity contribution in [2.75, 3.05) is 20.8 Å². The number of aromatic nitrogens is 1. The second-order valence-electron chi connectivity index (χ2n) is 6.09. The number of hydrogen-bond donors (Lipinski definition) is 0. The number of hydrogen-bond acceptors (Lipinski definition) is 6. The van der Waals surface area contributed by atoms with Crippen LogP contribution in [0.15, 0.2) is 42.5 Å². The second kappa shape index (κ2) is 8.18. The molecule has 3 aromatic rings. The van der Waals surface area contributed by atoms with E-state index in [4.69, 9.17) is 9.47 Å². The maximum absolute atomic E-state index is 12.3. The van der Waals surface area contributed by atoms with Gasteiger partial charge in [-0.25, -0.2) is 9.78 Å². The summed E-state index contributed by atoms with van der Waals surface area (Å²) in [5.41, 5.74) is 2.18. The molecule has 0 aliphatic carbocycles. The number of para-hydroxylation sites is 1. The van der Waals surface area contributed by atoms with Gasteiger partial charge in [-0.1, -0.05) is 18.2 Å². The zero-order valence-corrected chi connectivity index (χ0v) is 16.2. The van der Waals surface area contributed by atoms with Crippen LogP contribution in [-0.2, 0) is 16.1 Å². The number of methoxy groups -OCH3 is 1. The second-order valence-corrected chi connectivity index (χ2v) is 7.20. The minimum absolute atomic E-state index is 0.290. The number of aryl methyl sites for hydroxylation is 1. The highest BCUT2D eigenvalue weighted by Gasteiger charge is 2.16. The Kier molecular flexibility index (Phi) is 5.71. The maximum atomic E-state index is 12.3. The fourth-order valence-corrected chi connectivity index (χ4v) is 3.57. The zero-order chi connectivity index (χ0) is 19.4. The summed E-state index contributed by atoms with van der Waals surface area (Å²) in [6, 6.07) is 12.8. The normalized spacial score (nSPS) is 10.6. The first kappa shape index (κ1) is 18.8. The Balaban J connectivity index is 1.57. The van der Waals surface area contributed by atoms with E-state index in [-0.39, 0.29) is 12.5 Å². The molecule has 0 bridgehead atoms. The lowest BCUT2D eigenvalue weighted by Crippen LogP contribution is -2.30. The molecule has 7 heteroatoms. The van der Waals surface area contributed by atoms with Gasteiger partial charge in [0, 0.05) is 7.05 Å². The first-order valence-corrected chi connectivity index (χ1v) is 9.19. The smallest absolute Gasteiger partial charge is 0.338 e. The number of rotatable bonds is 6. The standard InChI is InChI=1S/C20H20N2O4S/c1-13-8-9-14(10-16(13)25-3)20(24)26-12-19(23)22(2)11-18-21-15-6-4-5-7-17(15)27-18/h4-10H,11-12H2,1-3H3. The van der Waals surface area contributed by atoms with E-state index >= 15 is 0 Å². The van der Waals surface area contributed by atoms with Crippen LogP contribution in [0.1, 0.15) is 20.9 Å². The van der Waals surface area contributed by atoms with E-state index in [9.17, 15) is 9.59 Å². The summed E-state index contributed by atoms with van der Waals surface area (Å²) in [6.45, 7) is 1.93. The highest BCUT2D eigenvalue weighted by Crippen LogP contribution is 2.22. The summed E-state index contributed by atoms with van der Waals surface area (Å²) in [6.07, 6.45) is 0. The van der Waals surface area contributed by atoms with Gasteiger partial charge >= 0.3 is 5.97 Å². The number of esters is 1. The molecule has 0 saturated carbocycles. The number of nitrogens with zero attached hydrogens (tertiary/aromatic N) is 2. The number of thiazole rings is 1. The number of carbonyl (C=O) groups excluding carboxylic acids is 2. The van der Waals surface area contributed by atoms with Crippen molar-refractivity contribution in [3.8, 4) is 5.75 Å². The van der Waals surface area contributed by atoms with E-state index in [1.165, 1.54) is 12.0 Å². The van der Waals surface area contributed by atoms with Crippen molar-refractivity contribution in [3.63, 3.8) is 0 Å². The first-order chi connectivity index (χ1) is 13.0. The summed E-state index contributed by atoms with van der Waals surface area (Å²) in [5, 5.41) is 0.835. The van der Waals surface area contributed by atoms with Gasteiger partial charge in [-0.3, -0.25) is 4.79 Å². The molecule has 3 rings (SSSR count). The minimum Gasteiger partial charge on any atom is -0.496 e. The lowest BCUT2D eigenvalue weighted by molar-refractivity contribution is -0.133. The molecular formula is C20H20N2O4S. The molecule has 6 nitrogen and oxygen atoms in total. The molecule has 0 aliphatic rings. The number of ether oxygens (including phenoxy) is 2. The molecule has 1 aromatic heterocycles. The van der Waals surface area contributed by atoms with E-state index in [1.54, 1.807) is 36.6 Å². The highest BCUT2D eigenvalue weighted by atomic mass is 32.1. The van der Waals surface area contributed by atoms with Gasteiger partial charge in [0.05, 0.1) is 29.4 Å². The van der Waals surface area contributed by atoms with E-state index < -0.39 is 5.97 Å². The first-order valence-electron chi connectivity index (χ1n) is 8.38. The average Bonchev–Trinajstić information content (AvgIpc) is 3.08. The van der Waals surface area contributed by atoms with Crippen LogP contribution in [0.3, 0.4) is 0 Å². The van der Waals surface area contributed by atoms with Crippen molar-refractivity contribution in [1.29, 1.82) is 0 Å². The molecule has 1 heterocycles. The summed E-state index contributed by atoms with van der Waals surface area (Å²) in [7, 11) is 3.20. The Morgan fingerprint density at radius 1 is 1.19 bits per heavy atom. The number of likely N-dealkylation sites (N-methyl/N-ethyl adjacent to an activating group) is 1. The van der Waals surface area contributed by atoms with Gasteiger partial charge in [-0.2, -0.15) is 0 Å². The van der Waals surface area contributed by atoms with Crippen LogP contribution in [0.4, 0.5) is 0 Å². The van der Waals surface area contributed by atoms with Gasteiger partial charge in [0.2, 0.25) is 0 Å². The Bertz CT molecular complexity index is 950. The van der Waals surface area contributed by atoms with Crippen LogP contribution < -0.4 is 4.74 Å². The summed E-state index contributed by atoms with van der Waals surface area (Å²) in [4.78, 5) is 30.5. The van der Waals surface area contributed by atoms with Crippen molar-refractivity contribution in [1.82, 2.24) is 9.88 Å². The molecule has 0 aliphatic heterocycles. The minimum atomic E-state index is -0.560. The SMILES string of the molecule is COc1cc(C(=O)OCC(=O)N(C)Cc2nc3ccccc3s2)ccc1C. The molecule has 2 aromatic carbocycles. The van der Waals surface area contributed by atoms with Gasteiger partial charge in [0.15, 0.2) is 6.61 Å². The lowest BCUT2D eigenvalue weighted by Gasteiger charge is -2.15. The highest BCUT2D eigenvalue weighted by molar-refractivity contribution is 7.18. The maximum Gasteiger partial charge on any atom is 0.338 e. The third-order valence-corrected chi connectivity index (χ3v) is 5.13. The molecule has 0 atom stereocenters. The molecule has 0 N–H and O–H groups in total. The third kappa shape index (κ3) is 4.43. The van der Waals surface area contributed by atoms with E-state index in [1.807, 2.05) is 31.2 Å². The Morgan fingerprint density at radius 3 is 2.70 bits per heavy atom. The molecule has 0 saturated heterocycles. The Morgan fingerprint density at radius 2 is 1.96 bits per heavy atom. The van der Waals surface area contributed by atoms with Crippen molar-refractivity contribution in [2.45, 2.75) is 13.5 Å². The van der Waals surface area contributed by atoms with Gasteiger partial charge in [0.25, 0.3) is 5.91 Å². The molecule has 0 spiro atoms. The molecule has 1 amide bonds. The van der Waals surface area contributed by atoms with Gasteiger partial charge in [-0.15, -0.1) is 11.3 Å². The number of carbonyl (C=O) groups is 2. The van der Waals surface area contributed by atoms with E-state index in [0.717, 1.165) is 20.8 Å². The van der Waals surface area contributed by atoms with Crippen LogP contribution in [0.2, 0.25) is 0 Å². The number of amides is 1. The summed E-state index contributed by atoms with van der Waals surface area (Å²) >= 11 is 1.54. The van der Waals surface area contributed by atoms with Crippen LogP contribution in [0.5, 0.6) is 5.75 Å². The summed E-state index contributed by atoms with van der Waals surface area (Å²) in [5.74, 6) is -0.250. The zero-order valence-electron chi connectivity index (χ0n) is 15.4. The van der Waals surface area contributed by atoms with Crippen molar-refractivity contribution < 1.29 is 19.1 Å². The monoisotopic (exact) mass is 384 g/mol. The van der Waals surface area contributed by atoms with Crippen molar-refractivity contribution >= 4 is 33.4 Å². The molecule has 0 fully saturated rings. The predicted molar refractivity (Wildman–Crippen MR) is 104 cm³/mol. The molecule has 140 valence electrons. The molecule has 0 unspecified atom stereocenters. The van der Waals surface area contributed by atoms with Gasteiger partial charge in [0.1, 0.15) is 10.8 Å². The molecular weight excluding hydrogens is 364 g/mol. The van der Waals surface area contributed by atoms with Crippen molar-refractivity contribution in [3.05, 3.63) is 58.6 Å². The Labute approximate surface area is 161 Å². The van der Waals surface area contributed by atoms with Gasteiger partial charge < -0.3 is 14.4 Å². The molecule has 27 heavy (non-hydrogen) atoms. The van der Waals surface area contributed by atoms with Gasteiger partial charge in [-0.05, 0) is 36.8 Å². The van der Waals surface area contributed by atoms with E-state index in [2.05, 4.69) is 4.98 Å². The fraction of sp³-hybridized carbons (Fsp3) is 0.250. The lowest BCUT2D eigenvalue weighted by atomic mass is 10.1. The predicted octanol–water partition coefficient (Wildman–Crippen LogP) is 3.43. The largest absolute Gasteiger partial charge is 0.496 e. The van der Waals surface area contributed by atoms with E-state index in [0.29, 0.717) is 17.9 Å². The number of benzene rings is 2. The van der Waals surface area contributed by atoms with Crippen LogP contribution >= 0.6 is 11.3 Å². The topological polar surface area (TPSA) is 68.7 Å². The van der Waals surface area contributed by atoms with Crippen LogP contribution in [-0.4, -0.2) is 42.5 Å². The van der Waals surface area contributed by atoms with Crippen molar-refractivity contribution in [2.24, 2.45) is 0 Å². The Hall–Kier alpha value is -2.93. The van der Waals surface area contributed by atoms with Crippen LogP contribution in [0, 0.1) is 6.92 Å². The molecule has 0 radical (unpaired) electrons. The summed E-state index contributed by atoms with van der Waals surface area (Å²) < 4.78 is 11.4. The number of fused-ring (bicyclic) bond motifs is 1. The quantitative estimate of drug-likeness (QED) is 0.609. The fourth-order valence-electron chi connectivity index (χ4n) is 2.55. The average molecular weight is 384 g/mol. The third-order valence-electron chi connectivity index (χ3n) is 4.11.